The van der Waals surface area contributed by atoms with Crippen LogP contribution in [0.25, 0.3) is 0 Å². The number of aromatic nitrogens is 3. The van der Waals surface area contributed by atoms with E-state index < -0.39 is 6.43 Å². The zero-order valence-corrected chi connectivity index (χ0v) is 9.36. The number of rotatable bonds is 6. The van der Waals surface area contributed by atoms with Crippen molar-refractivity contribution in [3.63, 3.8) is 0 Å². The van der Waals surface area contributed by atoms with E-state index in [1.54, 1.807) is 0 Å². The molecule has 0 aliphatic rings. The van der Waals surface area contributed by atoms with E-state index in [0.717, 1.165) is 0 Å². The molecule has 2 N–H and O–H groups in total. The molecule has 0 aromatic carbocycles. The van der Waals surface area contributed by atoms with Crippen LogP contribution in [0.3, 0.4) is 0 Å². The second kappa shape index (κ2) is 5.86. The number of hydrogen-bond donors (Lipinski definition) is 1. The lowest BCUT2D eigenvalue weighted by atomic mass is 10.2. The fourth-order valence-corrected chi connectivity index (χ4v) is 1.53. The first-order valence-electron chi connectivity index (χ1n) is 5.06. The molecule has 0 fully saturated rings. The molecule has 1 aromatic heterocycles. The average molecular weight is 234 g/mol. The SMILES string of the molecule is CCC(COC)n1nnc(CN)c1C(F)F. The number of halogens is 2. The maximum atomic E-state index is 12.8. The normalized spacial score (nSPS) is 13.4. The van der Waals surface area contributed by atoms with E-state index in [2.05, 4.69) is 10.3 Å². The molecule has 0 bridgehead atoms. The van der Waals surface area contributed by atoms with Crippen LogP contribution in [0.2, 0.25) is 0 Å². The van der Waals surface area contributed by atoms with Gasteiger partial charge in [-0.1, -0.05) is 12.1 Å². The highest BCUT2D eigenvalue weighted by molar-refractivity contribution is 5.12. The van der Waals surface area contributed by atoms with Gasteiger partial charge in [-0.05, 0) is 6.42 Å². The highest BCUT2D eigenvalue weighted by atomic mass is 19.3. The van der Waals surface area contributed by atoms with Crippen molar-refractivity contribution >= 4 is 0 Å². The van der Waals surface area contributed by atoms with Crippen molar-refractivity contribution in [3.05, 3.63) is 11.4 Å². The third-order valence-corrected chi connectivity index (χ3v) is 2.38. The van der Waals surface area contributed by atoms with Gasteiger partial charge < -0.3 is 10.5 Å². The Bertz CT molecular complexity index is 329. The molecule has 0 saturated heterocycles. The van der Waals surface area contributed by atoms with E-state index in [4.69, 9.17) is 10.5 Å². The number of nitrogens with zero attached hydrogens (tertiary/aromatic N) is 3. The standard InChI is InChI=1S/C9H16F2N4O/c1-3-6(5-16-2)15-8(9(10)11)7(4-12)13-14-15/h6,9H,3-5,12H2,1-2H3. The van der Waals surface area contributed by atoms with Crippen molar-refractivity contribution in [1.29, 1.82) is 0 Å². The Morgan fingerprint density at radius 1 is 1.50 bits per heavy atom. The van der Waals surface area contributed by atoms with Gasteiger partial charge in [-0.3, -0.25) is 0 Å². The number of hydrogen-bond acceptors (Lipinski definition) is 4. The van der Waals surface area contributed by atoms with E-state index in [-0.39, 0.29) is 24.0 Å². The Hall–Kier alpha value is -1.08. The minimum absolute atomic E-state index is 0.0386. The van der Waals surface area contributed by atoms with Crippen molar-refractivity contribution in [2.45, 2.75) is 32.4 Å². The Balaban J connectivity index is 3.06. The topological polar surface area (TPSA) is 66.0 Å². The molecule has 0 aliphatic carbocycles. The van der Waals surface area contributed by atoms with Crippen molar-refractivity contribution in [3.8, 4) is 0 Å². The number of methoxy groups -OCH3 is 1. The molecule has 1 aromatic rings. The minimum Gasteiger partial charge on any atom is -0.382 e. The monoisotopic (exact) mass is 234 g/mol. The van der Waals surface area contributed by atoms with Gasteiger partial charge in [0.25, 0.3) is 6.43 Å². The first kappa shape index (κ1) is 13.0. The molecule has 0 spiro atoms. The quantitative estimate of drug-likeness (QED) is 0.805. The molecule has 0 saturated carbocycles. The Morgan fingerprint density at radius 3 is 2.62 bits per heavy atom. The molecule has 0 radical (unpaired) electrons. The second-order valence-corrected chi connectivity index (χ2v) is 3.39. The van der Waals surface area contributed by atoms with Crippen LogP contribution < -0.4 is 5.73 Å². The van der Waals surface area contributed by atoms with E-state index in [1.807, 2.05) is 6.92 Å². The molecule has 0 amide bonds. The van der Waals surface area contributed by atoms with Gasteiger partial charge in [-0.2, -0.15) is 0 Å². The highest BCUT2D eigenvalue weighted by Crippen LogP contribution is 2.25. The predicted molar refractivity (Wildman–Crippen MR) is 54.1 cm³/mol. The molecule has 7 heteroatoms. The third kappa shape index (κ3) is 2.53. The fourth-order valence-electron chi connectivity index (χ4n) is 1.53. The summed E-state index contributed by atoms with van der Waals surface area (Å²) in [7, 11) is 1.52. The molecule has 1 atom stereocenters. The molecule has 92 valence electrons. The summed E-state index contributed by atoms with van der Waals surface area (Å²) in [4.78, 5) is 0. The van der Waals surface area contributed by atoms with Crippen LogP contribution in [0, 0.1) is 0 Å². The lowest BCUT2D eigenvalue weighted by Gasteiger charge is -2.16. The summed E-state index contributed by atoms with van der Waals surface area (Å²) >= 11 is 0. The molecule has 1 rings (SSSR count). The summed E-state index contributed by atoms with van der Waals surface area (Å²) in [6.45, 7) is 2.16. The highest BCUT2D eigenvalue weighted by Gasteiger charge is 2.24. The van der Waals surface area contributed by atoms with Crippen LogP contribution in [-0.4, -0.2) is 28.7 Å². The van der Waals surface area contributed by atoms with Gasteiger partial charge in [-0.25, -0.2) is 13.5 Å². The van der Waals surface area contributed by atoms with Crippen LogP contribution in [0.1, 0.15) is 37.2 Å². The van der Waals surface area contributed by atoms with E-state index in [0.29, 0.717) is 13.0 Å². The predicted octanol–water partition coefficient (Wildman–Crippen LogP) is 1.27. The first-order valence-corrected chi connectivity index (χ1v) is 5.06. The number of nitrogens with two attached hydrogens (primary N) is 1. The van der Waals surface area contributed by atoms with E-state index in [1.165, 1.54) is 11.8 Å². The molecular weight excluding hydrogens is 218 g/mol. The first-order chi connectivity index (χ1) is 7.65. The molecular formula is C9H16F2N4O. The zero-order valence-electron chi connectivity index (χ0n) is 9.36. The average Bonchev–Trinajstić information content (AvgIpc) is 2.69. The summed E-state index contributed by atoms with van der Waals surface area (Å²) in [6, 6.07) is -0.234. The van der Waals surface area contributed by atoms with Gasteiger partial charge in [0, 0.05) is 13.7 Å². The summed E-state index contributed by atoms with van der Waals surface area (Å²) in [5.41, 5.74) is 5.28. The van der Waals surface area contributed by atoms with E-state index in [9.17, 15) is 8.78 Å². The van der Waals surface area contributed by atoms with Crippen molar-refractivity contribution in [1.82, 2.24) is 15.0 Å². The number of ether oxygens (including phenoxy) is 1. The largest absolute Gasteiger partial charge is 0.382 e. The molecule has 5 nitrogen and oxygen atoms in total. The zero-order chi connectivity index (χ0) is 12.1. The number of alkyl halides is 2. The Kier molecular flexibility index (Phi) is 4.75. The minimum atomic E-state index is -2.63. The van der Waals surface area contributed by atoms with Crippen LogP contribution >= 0.6 is 0 Å². The van der Waals surface area contributed by atoms with Crippen LogP contribution in [0.4, 0.5) is 8.78 Å². The van der Waals surface area contributed by atoms with E-state index >= 15 is 0 Å². The Morgan fingerprint density at radius 2 is 2.19 bits per heavy atom. The molecule has 1 unspecified atom stereocenters. The maximum absolute atomic E-state index is 12.8. The smallest absolute Gasteiger partial charge is 0.281 e. The lowest BCUT2D eigenvalue weighted by molar-refractivity contribution is 0.113. The Labute approximate surface area is 92.6 Å². The van der Waals surface area contributed by atoms with Gasteiger partial charge in [0.05, 0.1) is 12.6 Å². The van der Waals surface area contributed by atoms with Crippen LogP contribution in [0.15, 0.2) is 0 Å². The van der Waals surface area contributed by atoms with Gasteiger partial charge >= 0.3 is 0 Å². The van der Waals surface area contributed by atoms with Crippen LogP contribution in [-0.2, 0) is 11.3 Å². The van der Waals surface area contributed by atoms with Gasteiger partial charge in [0.2, 0.25) is 0 Å². The maximum Gasteiger partial charge on any atom is 0.281 e. The molecule has 0 aliphatic heterocycles. The third-order valence-electron chi connectivity index (χ3n) is 2.38. The molecule has 16 heavy (non-hydrogen) atoms. The summed E-state index contributed by atoms with van der Waals surface area (Å²) in [5, 5.41) is 7.38. The lowest BCUT2D eigenvalue weighted by Crippen LogP contribution is -2.18. The van der Waals surface area contributed by atoms with Crippen molar-refractivity contribution in [2.24, 2.45) is 5.73 Å². The van der Waals surface area contributed by atoms with Crippen LogP contribution in [0.5, 0.6) is 0 Å². The summed E-state index contributed by atoms with van der Waals surface area (Å²) in [5.74, 6) is 0. The molecule has 1 heterocycles. The summed E-state index contributed by atoms with van der Waals surface area (Å²) < 4.78 is 31.9. The second-order valence-electron chi connectivity index (χ2n) is 3.39. The van der Waals surface area contributed by atoms with Gasteiger partial charge in [0.15, 0.2) is 0 Å². The van der Waals surface area contributed by atoms with Crippen molar-refractivity contribution in [2.75, 3.05) is 13.7 Å². The van der Waals surface area contributed by atoms with Gasteiger partial charge in [0.1, 0.15) is 11.4 Å². The summed E-state index contributed by atoms with van der Waals surface area (Å²) in [6.07, 6.45) is -1.99. The fraction of sp³-hybridized carbons (Fsp3) is 0.778. The van der Waals surface area contributed by atoms with Crippen molar-refractivity contribution < 1.29 is 13.5 Å². The van der Waals surface area contributed by atoms with Gasteiger partial charge in [-0.15, -0.1) is 5.10 Å².